The van der Waals surface area contributed by atoms with E-state index in [-0.39, 0.29) is 11.3 Å². The van der Waals surface area contributed by atoms with E-state index in [0.717, 1.165) is 12.1 Å². The minimum Gasteiger partial charge on any atom is -0.280 e. The lowest BCUT2D eigenvalue weighted by Gasteiger charge is -2.10. The fraction of sp³-hybridized carbons (Fsp3) is 0.286. The molecule has 0 amide bonds. The quantitative estimate of drug-likeness (QED) is 0.904. The van der Waals surface area contributed by atoms with E-state index in [2.05, 4.69) is 14.7 Å². The van der Waals surface area contributed by atoms with E-state index in [9.17, 15) is 21.6 Å². The highest BCUT2D eigenvalue weighted by atomic mass is 32.2. The van der Waals surface area contributed by atoms with Gasteiger partial charge in [-0.05, 0) is 11.6 Å². The molecule has 1 heterocycles. The van der Waals surface area contributed by atoms with Crippen molar-refractivity contribution in [3.8, 4) is 0 Å². The van der Waals surface area contributed by atoms with Gasteiger partial charge < -0.3 is 0 Å². The van der Waals surface area contributed by atoms with Crippen molar-refractivity contribution in [3.63, 3.8) is 0 Å². The summed E-state index contributed by atoms with van der Waals surface area (Å²) in [5, 5.41) is 0. The molecule has 0 fully saturated rings. The maximum atomic E-state index is 12.6. The molecule has 9 heteroatoms. The summed E-state index contributed by atoms with van der Waals surface area (Å²) in [6.45, 7) is 1.85. The van der Waals surface area contributed by atoms with E-state index in [0.29, 0.717) is 12.2 Å². The molecule has 2 rings (SSSR count). The number of anilines is 1. The lowest BCUT2D eigenvalue weighted by molar-refractivity contribution is -0.137. The van der Waals surface area contributed by atoms with E-state index in [1.165, 1.54) is 24.5 Å². The van der Waals surface area contributed by atoms with Crippen LogP contribution in [-0.2, 0) is 28.4 Å². The molecule has 1 N–H and O–H groups in total. The van der Waals surface area contributed by atoms with E-state index in [4.69, 9.17) is 0 Å². The number of hydrogen-bond acceptors (Lipinski definition) is 4. The van der Waals surface area contributed by atoms with Crippen LogP contribution in [0.3, 0.4) is 0 Å². The van der Waals surface area contributed by atoms with Gasteiger partial charge in [-0.25, -0.2) is 18.4 Å². The summed E-state index contributed by atoms with van der Waals surface area (Å²) in [5.41, 5.74) is -0.687. The van der Waals surface area contributed by atoms with Crippen LogP contribution in [0.5, 0.6) is 0 Å². The molecule has 124 valence electrons. The fourth-order valence-electron chi connectivity index (χ4n) is 1.86. The fourth-order valence-corrected chi connectivity index (χ4v) is 3.02. The molecule has 0 saturated heterocycles. The van der Waals surface area contributed by atoms with Gasteiger partial charge in [-0.15, -0.1) is 0 Å². The van der Waals surface area contributed by atoms with Crippen LogP contribution in [-0.4, -0.2) is 18.4 Å². The van der Waals surface area contributed by atoms with Gasteiger partial charge in [-0.3, -0.25) is 4.72 Å². The third kappa shape index (κ3) is 4.92. The first-order valence-electron chi connectivity index (χ1n) is 6.67. The third-order valence-electron chi connectivity index (χ3n) is 2.91. The van der Waals surface area contributed by atoms with E-state index in [1.807, 2.05) is 6.92 Å². The molecule has 0 bridgehead atoms. The second-order valence-electron chi connectivity index (χ2n) is 4.80. The Kier molecular flexibility index (Phi) is 4.88. The van der Waals surface area contributed by atoms with Gasteiger partial charge >= 0.3 is 6.18 Å². The molecule has 0 radical (unpaired) electrons. The van der Waals surface area contributed by atoms with Gasteiger partial charge in [0, 0.05) is 6.42 Å². The van der Waals surface area contributed by atoms with Crippen molar-refractivity contribution in [2.75, 3.05) is 4.72 Å². The summed E-state index contributed by atoms with van der Waals surface area (Å²) in [6.07, 6.45) is -1.28. The SMILES string of the molecule is CCc1ncc(NS(=O)(=O)Cc2cccc(C(F)(F)F)c2)cn1. The highest BCUT2D eigenvalue weighted by Crippen LogP contribution is 2.29. The second-order valence-corrected chi connectivity index (χ2v) is 6.52. The first kappa shape index (κ1) is 17.2. The van der Waals surface area contributed by atoms with Crippen LogP contribution >= 0.6 is 0 Å². The van der Waals surface area contributed by atoms with Crippen LogP contribution in [0.25, 0.3) is 0 Å². The van der Waals surface area contributed by atoms with Gasteiger partial charge in [0.25, 0.3) is 0 Å². The Morgan fingerprint density at radius 2 is 1.83 bits per heavy atom. The molecular weight excluding hydrogens is 331 g/mol. The van der Waals surface area contributed by atoms with E-state index >= 15 is 0 Å². The molecule has 0 aliphatic heterocycles. The average Bonchev–Trinajstić information content (AvgIpc) is 2.46. The zero-order valence-electron chi connectivity index (χ0n) is 12.1. The molecule has 1 aromatic carbocycles. The van der Waals surface area contributed by atoms with Gasteiger partial charge in [-0.2, -0.15) is 13.2 Å². The number of hydrogen-bond donors (Lipinski definition) is 1. The Balaban J connectivity index is 2.14. The van der Waals surface area contributed by atoms with Gasteiger partial charge in [0.1, 0.15) is 5.82 Å². The standard InChI is InChI=1S/C14H14F3N3O2S/c1-2-13-18-7-12(8-19-13)20-23(21,22)9-10-4-3-5-11(6-10)14(15,16)17/h3-8,20H,2,9H2,1H3. The summed E-state index contributed by atoms with van der Waals surface area (Å²) in [7, 11) is -3.87. The number of benzene rings is 1. The Morgan fingerprint density at radius 3 is 2.39 bits per heavy atom. The monoisotopic (exact) mass is 345 g/mol. The van der Waals surface area contributed by atoms with Crippen LogP contribution in [0.4, 0.5) is 18.9 Å². The Bertz CT molecular complexity index is 775. The minimum atomic E-state index is -4.52. The maximum Gasteiger partial charge on any atom is 0.416 e. The van der Waals surface area contributed by atoms with Crippen LogP contribution in [0.1, 0.15) is 23.9 Å². The number of nitrogens with zero attached hydrogens (tertiary/aromatic N) is 2. The smallest absolute Gasteiger partial charge is 0.280 e. The predicted molar refractivity (Wildman–Crippen MR) is 79.1 cm³/mol. The number of aryl methyl sites for hydroxylation is 1. The maximum absolute atomic E-state index is 12.6. The lowest BCUT2D eigenvalue weighted by atomic mass is 10.1. The van der Waals surface area contributed by atoms with Crippen molar-refractivity contribution < 1.29 is 21.6 Å². The highest BCUT2D eigenvalue weighted by Gasteiger charge is 2.30. The Morgan fingerprint density at radius 1 is 1.17 bits per heavy atom. The number of aromatic nitrogens is 2. The number of sulfonamides is 1. The van der Waals surface area contributed by atoms with Crippen LogP contribution in [0.2, 0.25) is 0 Å². The van der Waals surface area contributed by atoms with Crippen molar-refractivity contribution >= 4 is 15.7 Å². The van der Waals surface area contributed by atoms with Crippen LogP contribution in [0, 0.1) is 0 Å². The molecule has 0 aliphatic carbocycles. The summed E-state index contributed by atoms with van der Waals surface area (Å²) < 4.78 is 64.2. The van der Waals surface area contributed by atoms with E-state index < -0.39 is 27.5 Å². The number of alkyl halides is 3. The summed E-state index contributed by atoms with van der Waals surface area (Å²) in [6, 6.07) is 4.20. The molecule has 0 aliphatic rings. The number of rotatable bonds is 5. The van der Waals surface area contributed by atoms with Crippen molar-refractivity contribution in [1.29, 1.82) is 0 Å². The topological polar surface area (TPSA) is 72.0 Å². The highest BCUT2D eigenvalue weighted by molar-refractivity contribution is 7.91. The molecule has 2 aromatic rings. The molecule has 23 heavy (non-hydrogen) atoms. The first-order chi connectivity index (χ1) is 10.7. The van der Waals surface area contributed by atoms with Gasteiger partial charge in [0.2, 0.25) is 10.0 Å². The molecule has 0 spiro atoms. The normalized spacial score (nSPS) is 12.2. The largest absolute Gasteiger partial charge is 0.416 e. The molecular formula is C14H14F3N3O2S. The van der Waals surface area contributed by atoms with Crippen LogP contribution < -0.4 is 4.72 Å². The van der Waals surface area contributed by atoms with E-state index in [1.54, 1.807) is 0 Å². The molecule has 0 atom stereocenters. The lowest BCUT2D eigenvalue weighted by Crippen LogP contribution is -2.16. The summed E-state index contributed by atoms with van der Waals surface area (Å²) >= 11 is 0. The zero-order valence-corrected chi connectivity index (χ0v) is 12.9. The molecule has 0 saturated carbocycles. The average molecular weight is 345 g/mol. The van der Waals surface area contributed by atoms with Crippen molar-refractivity contribution in [3.05, 3.63) is 53.6 Å². The minimum absolute atomic E-state index is 0.0402. The molecule has 1 aromatic heterocycles. The Labute approximate surface area is 131 Å². The molecule has 0 unspecified atom stereocenters. The Hall–Kier alpha value is -2.16. The van der Waals surface area contributed by atoms with Gasteiger partial charge in [0.05, 0.1) is 29.4 Å². The number of nitrogens with one attached hydrogen (secondary N) is 1. The van der Waals surface area contributed by atoms with Crippen molar-refractivity contribution in [2.45, 2.75) is 25.3 Å². The summed E-state index contributed by atoms with van der Waals surface area (Å²) in [5.74, 6) is -0.0160. The third-order valence-corrected chi connectivity index (χ3v) is 4.17. The second kappa shape index (κ2) is 6.53. The predicted octanol–water partition coefficient (Wildman–Crippen LogP) is 3.00. The van der Waals surface area contributed by atoms with Gasteiger partial charge in [0.15, 0.2) is 0 Å². The van der Waals surface area contributed by atoms with Crippen LogP contribution in [0.15, 0.2) is 36.7 Å². The molecule has 5 nitrogen and oxygen atoms in total. The van der Waals surface area contributed by atoms with Crippen molar-refractivity contribution in [2.24, 2.45) is 0 Å². The van der Waals surface area contributed by atoms with Crippen molar-refractivity contribution in [1.82, 2.24) is 9.97 Å². The zero-order chi connectivity index (χ0) is 17.1. The van der Waals surface area contributed by atoms with Gasteiger partial charge in [-0.1, -0.05) is 25.1 Å². The summed E-state index contributed by atoms with van der Waals surface area (Å²) in [4.78, 5) is 7.90. The first-order valence-corrected chi connectivity index (χ1v) is 8.32. The number of halogens is 3.